The Morgan fingerprint density at radius 3 is 2.57 bits per heavy atom. The van der Waals surface area contributed by atoms with Crippen LogP contribution in [0, 0.1) is 0 Å². The standard InChI is InChI=1S/C25H20ClN5O3S/c1-35(34)17-7-5-16(6-8-17)31-23-19(22(30-31)24(27)32)9-3-14-2-4-15(12-20(14)23)29-25(33)18-10-11-28-13-21(18)26/h2,4-8,10-13H,3,9H2,1H3,(H2,27,32)(H,29,33). The van der Waals surface area contributed by atoms with Gasteiger partial charge in [0.25, 0.3) is 11.8 Å². The molecule has 35 heavy (non-hydrogen) atoms. The fourth-order valence-electron chi connectivity index (χ4n) is 4.24. The smallest absolute Gasteiger partial charge is 0.269 e. The fraction of sp³-hybridized carbons (Fsp3) is 0.120. The van der Waals surface area contributed by atoms with Gasteiger partial charge in [-0.3, -0.25) is 18.8 Å². The van der Waals surface area contributed by atoms with Crippen LogP contribution in [0.5, 0.6) is 0 Å². The molecular weight excluding hydrogens is 486 g/mol. The molecule has 0 spiro atoms. The molecule has 0 radical (unpaired) electrons. The Bertz CT molecular complexity index is 1510. The maximum atomic E-state index is 12.8. The summed E-state index contributed by atoms with van der Waals surface area (Å²) in [5.41, 5.74) is 10.9. The number of aryl methyl sites for hydroxylation is 1. The number of pyridine rings is 1. The van der Waals surface area contributed by atoms with Crippen molar-refractivity contribution in [3.8, 4) is 16.9 Å². The summed E-state index contributed by atoms with van der Waals surface area (Å²) in [7, 11) is -1.12. The number of fused-ring (bicyclic) bond motifs is 3. The minimum Gasteiger partial charge on any atom is -0.364 e. The number of hydrogen-bond acceptors (Lipinski definition) is 5. The number of benzene rings is 2. The van der Waals surface area contributed by atoms with E-state index in [-0.39, 0.29) is 16.6 Å². The van der Waals surface area contributed by atoms with Crippen LogP contribution in [-0.4, -0.2) is 37.0 Å². The Labute approximate surface area is 208 Å². The van der Waals surface area contributed by atoms with E-state index in [0.29, 0.717) is 34.7 Å². The number of nitrogens with two attached hydrogens (primary N) is 1. The maximum Gasteiger partial charge on any atom is 0.269 e. The predicted molar refractivity (Wildman–Crippen MR) is 134 cm³/mol. The number of hydrogen-bond donors (Lipinski definition) is 2. The summed E-state index contributed by atoms with van der Waals surface area (Å²) in [4.78, 5) is 29.6. The van der Waals surface area contributed by atoms with Gasteiger partial charge >= 0.3 is 0 Å². The molecule has 3 N–H and O–H groups in total. The van der Waals surface area contributed by atoms with Gasteiger partial charge in [-0.05, 0) is 60.9 Å². The average molecular weight is 506 g/mol. The average Bonchev–Trinajstić information content (AvgIpc) is 3.25. The van der Waals surface area contributed by atoms with Crippen LogP contribution >= 0.6 is 11.6 Å². The molecule has 0 bridgehead atoms. The lowest BCUT2D eigenvalue weighted by Gasteiger charge is -2.20. The van der Waals surface area contributed by atoms with Crippen LogP contribution in [0.25, 0.3) is 16.9 Å². The van der Waals surface area contributed by atoms with Crippen LogP contribution in [0.1, 0.15) is 32.0 Å². The quantitative estimate of drug-likeness (QED) is 0.427. The van der Waals surface area contributed by atoms with Crippen molar-refractivity contribution in [2.75, 3.05) is 11.6 Å². The second-order valence-corrected chi connectivity index (χ2v) is 9.87. The van der Waals surface area contributed by atoms with Gasteiger partial charge < -0.3 is 11.1 Å². The van der Waals surface area contributed by atoms with Crippen molar-refractivity contribution in [3.05, 3.63) is 88.3 Å². The molecule has 2 heterocycles. The van der Waals surface area contributed by atoms with Crippen LogP contribution < -0.4 is 11.1 Å². The molecule has 0 aliphatic heterocycles. The van der Waals surface area contributed by atoms with E-state index in [1.54, 1.807) is 41.3 Å². The normalized spacial score (nSPS) is 13.0. The zero-order valence-corrected chi connectivity index (χ0v) is 20.2. The van der Waals surface area contributed by atoms with Crippen molar-refractivity contribution >= 4 is 39.9 Å². The highest BCUT2D eigenvalue weighted by Gasteiger charge is 2.28. The van der Waals surface area contributed by atoms with Crippen molar-refractivity contribution in [2.24, 2.45) is 5.73 Å². The lowest BCUT2D eigenvalue weighted by Crippen LogP contribution is -2.16. The molecule has 8 nitrogen and oxygen atoms in total. The molecule has 2 amide bonds. The summed E-state index contributed by atoms with van der Waals surface area (Å²) in [5.74, 6) is -0.964. The van der Waals surface area contributed by atoms with Gasteiger partial charge in [0, 0.05) is 51.2 Å². The molecule has 1 aliphatic rings. The Morgan fingerprint density at radius 1 is 1.11 bits per heavy atom. The van der Waals surface area contributed by atoms with Gasteiger partial charge in [-0.2, -0.15) is 5.10 Å². The van der Waals surface area contributed by atoms with Gasteiger partial charge in [0.2, 0.25) is 0 Å². The van der Waals surface area contributed by atoms with Crippen LogP contribution in [0.2, 0.25) is 5.02 Å². The summed E-state index contributed by atoms with van der Waals surface area (Å²) in [5, 5.41) is 7.68. The third kappa shape index (κ3) is 4.24. The predicted octanol–water partition coefficient (Wildman–Crippen LogP) is 3.77. The molecule has 5 rings (SSSR count). The summed E-state index contributed by atoms with van der Waals surface area (Å²) in [6.45, 7) is 0. The third-order valence-corrected chi connectivity index (χ3v) is 7.15. The Kier molecular flexibility index (Phi) is 5.96. The molecule has 10 heteroatoms. The van der Waals surface area contributed by atoms with Crippen molar-refractivity contribution in [1.29, 1.82) is 0 Å². The van der Waals surface area contributed by atoms with E-state index in [1.165, 1.54) is 12.4 Å². The zero-order chi connectivity index (χ0) is 24.7. The second-order valence-electron chi connectivity index (χ2n) is 8.08. The first kappa shape index (κ1) is 22.9. The molecule has 4 aromatic rings. The van der Waals surface area contributed by atoms with E-state index in [0.717, 1.165) is 22.4 Å². The molecule has 2 aromatic heterocycles. The number of nitrogens with zero attached hydrogens (tertiary/aromatic N) is 3. The van der Waals surface area contributed by atoms with Crippen LogP contribution in [0.4, 0.5) is 5.69 Å². The van der Waals surface area contributed by atoms with Gasteiger partial charge in [-0.25, -0.2) is 4.68 Å². The highest BCUT2D eigenvalue weighted by atomic mass is 35.5. The van der Waals surface area contributed by atoms with Crippen molar-refractivity contribution in [3.63, 3.8) is 0 Å². The monoisotopic (exact) mass is 505 g/mol. The lowest BCUT2D eigenvalue weighted by molar-refractivity contribution is 0.0992. The summed E-state index contributed by atoms with van der Waals surface area (Å²) >= 11 is 6.12. The highest BCUT2D eigenvalue weighted by Crippen LogP contribution is 2.38. The van der Waals surface area contributed by atoms with E-state index >= 15 is 0 Å². The summed E-state index contributed by atoms with van der Waals surface area (Å²) < 4.78 is 13.5. The Hall–Kier alpha value is -3.82. The van der Waals surface area contributed by atoms with Gasteiger partial charge in [0.1, 0.15) is 0 Å². The minimum absolute atomic E-state index is 0.215. The van der Waals surface area contributed by atoms with Crippen LogP contribution in [-0.2, 0) is 23.6 Å². The first-order valence-electron chi connectivity index (χ1n) is 10.7. The third-order valence-electron chi connectivity index (χ3n) is 5.91. The first-order chi connectivity index (χ1) is 16.8. The van der Waals surface area contributed by atoms with Gasteiger partial charge in [-0.15, -0.1) is 0 Å². The van der Waals surface area contributed by atoms with Crippen LogP contribution in [0.3, 0.4) is 0 Å². The van der Waals surface area contributed by atoms with Gasteiger partial charge in [0.05, 0.1) is 22.0 Å². The molecule has 176 valence electrons. The van der Waals surface area contributed by atoms with Crippen molar-refractivity contribution in [2.45, 2.75) is 17.7 Å². The lowest BCUT2D eigenvalue weighted by atomic mass is 9.88. The number of nitrogens with one attached hydrogen (secondary N) is 1. The van der Waals surface area contributed by atoms with Gasteiger partial charge in [0.15, 0.2) is 5.69 Å². The molecule has 1 unspecified atom stereocenters. The summed E-state index contributed by atoms with van der Waals surface area (Å²) in [6, 6.07) is 14.3. The number of anilines is 1. The largest absolute Gasteiger partial charge is 0.364 e. The number of carbonyl (C=O) groups is 2. The number of rotatable bonds is 5. The van der Waals surface area contributed by atoms with E-state index in [4.69, 9.17) is 17.3 Å². The van der Waals surface area contributed by atoms with E-state index in [9.17, 15) is 13.8 Å². The highest BCUT2D eigenvalue weighted by molar-refractivity contribution is 7.84. The Balaban J connectivity index is 1.60. The maximum absolute atomic E-state index is 12.8. The Morgan fingerprint density at radius 2 is 1.89 bits per heavy atom. The molecule has 0 saturated carbocycles. The van der Waals surface area contributed by atoms with E-state index < -0.39 is 16.7 Å². The van der Waals surface area contributed by atoms with Crippen molar-refractivity contribution in [1.82, 2.24) is 14.8 Å². The number of amides is 2. The van der Waals surface area contributed by atoms with E-state index in [1.807, 2.05) is 18.2 Å². The zero-order valence-electron chi connectivity index (χ0n) is 18.6. The molecule has 2 aromatic carbocycles. The molecule has 1 aliphatic carbocycles. The second kappa shape index (κ2) is 9.09. The minimum atomic E-state index is -1.12. The van der Waals surface area contributed by atoms with E-state index in [2.05, 4.69) is 15.4 Å². The van der Waals surface area contributed by atoms with Crippen LogP contribution in [0.15, 0.2) is 65.8 Å². The molecule has 0 fully saturated rings. The molecular formula is C25H20ClN5O3S. The number of halogens is 1. The topological polar surface area (TPSA) is 120 Å². The molecule has 1 atom stereocenters. The fourth-order valence-corrected chi connectivity index (χ4v) is 4.96. The SMILES string of the molecule is CS(=O)c1ccc(-n2nc(C(N)=O)c3c2-c2cc(NC(=O)c4ccncc4Cl)ccc2CC3)cc1. The summed E-state index contributed by atoms with van der Waals surface area (Å²) in [6.07, 6.45) is 5.84. The number of primary amides is 1. The number of aromatic nitrogens is 3. The van der Waals surface area contributed by atoms with Gasteiger partial charge in [-0.1, -0.05) is 17.7 Å². The first-order valence-corrected chi connectivity index (χ1v) is 12.7. The van der Waals surface area contributed by atoms with Crippen molar-refractivity contribution < 1.29 is 13.8 Å². The number of carbonyl (C=O) groups excluding carboxylic acids is 2. The molecule has 0 saturated heterocycles.